The molecule has 0 aliphatic carbocycles. The van der Waals surface area contributed by atoms with E-state index in [1.807, 2.05) is 5.32 Å². The Hall–Kier alpha value is -3.44. The van der Waals surface area contributed by atoms with Crippen molar-refractivity contribution in [3.8, 4) is 5.75 Å². The lowest BCUT2D eigenvalue weighted by Gasteiger charge is -2.40. The number of carbonyl (C=O) groups is 2. The van der Waals surface area contributed by atoms with Crippen molar-refractivity contribution in [2.24, 2.45) is 0 Å². The van der Waals surface area contributed by atoms with E-state index in [1.54, 1.807) is 6.07 Å². The highest BCUT2D eigenvalue weighted by molar-refractivity contribution is 5.94. The molecule has 2 bridgehead atoms. The first-order valence-corrected chi connectivity index (χ1v) is 12.3. The highest BCUT2D eigenvalue weighted by Gasteiger charge is 2.43. The summed E-state index contributed by atoms with van der Waals surface area (Å²) in [7, 11) is 0. The molecule has 1 aromatic carbocycles. The maximum absolute atomic E-state index is 14.0. The van der Waals surface area contributed by atoms with Crippen LogP contribution < -0.4 is 20.3 Å². The molecule has 0 saturated carbocycles. The van der Waals surface area contributed by atoms with Crippen LogP contribution in [0.4, 0.5) is 27.8 Å². The smallest absolute Gasteiger partial charge is 0.408 e. The van der Waals surface area contributed by atoms with E-state index in [1.165, 1.54) is 26.1 Å². The van der Waals surface area contributed by atoms with E-state index in [0.29, 0.717) is 24.7 Å². The van der Waals surface area contributed by atoms with Crippen molar-refractivity contribution in [3.63, 3.8) is 0 Å². The minimum Gasteiger partial charge on any atom is -0.475 e. The van der Waals surface area contributed by atoms with Crippen LogP contribution in [0.5, 0.6) is 5.75 Å². The van der Waals surface area contributed by atoms with Gasteiger partial charge in [0.2, 0.25) is 0 Å². The lowest BCUT2D eigenvalue weighted by molar-refractivity contribution is -0.149. The number of pyridine rings is 1. The van der Waals surface area contributed by atoms with Crippen molar-refractivity contribution in [3.05, 3.63) is 53.7 Å². The Morgan fingerprint density at radius 3 is 2.29 bits per heavy atom. The molecule has 2 aliphatic rings. The van der Waals surface area contributed by atoms with E-state index in [9.17, 15) is 31.5 Å². The Kier molecular flexibility index (Phi) is 7.53. The quantitative estimate of drug-likeness (QED) is 0.505. The number of anilines is 1. The van der Waals surface area contributed by atoms with Crippen molar-refractivity contribution < 1.29 is 36.3 Å². The van der Waals surface area contributed by atoms with Crippen LogP contribution >= 0.6 is 0 Å². The van der Waals surface area contributed by atoms with E-state index in [4.69, 9.17) is 4.74 Å². The third-order valence-electron chi connectivity index (χ3n) is 6.99. The lowest BCUT2D eigenvalue weighted by Crippen LogP contribution is -2.55. The molecule has 2 aliphatic heterocycles. The van der Waals surface area contributed by atoms with Gasteiger partial charge in [-0.3, -0.25) is 9.59 Å². The first-order valence-electron chi connectivity index (χ1n) is 12.3. The highest BCUT2D eigenvalue weighted by Crippen LogP contribution is 2.39. The molecular formula is C26H29F5N4O3. The summed E-state index contributed by atoms with van der Waals surface area (Å²) in [6, 6.07) is 3.93. The molecule has 2 amide bonds. The van der Waals surface area contributed by atoms with Gasteiger partial charge >= 0.3 is 6.18 Å². The molecule has 12 heteroatoms. The minimum atomic E-state index is -4.54. The third-order valence-corrected chi connectivity index (χ3v) is 6.99. The van der Waals surface area contributed by atoms with E-state index in [-0.39, 0.29) is 29.4 Å². The summed E-state index contributed by atoms with van der Waals surface area (Å²) in [5, 5.41) is 4.90. The standard InChI is InChI=1S/C26H29F5N4O3/c1-14(26(29,30)31)33-23(36)15-4-9-22(32-13-15)35-18-6-7-19(35)12-17(11-18)34-24(37)25(2,3)38-21-8-5-16(27)10-20(21)28/h4-5,8-10,13-14,17-19H,6-7,11-12H2,1-3H3,(H,33,36)(H,34,37)/t14-,17?,18?,19?/m0/s1. The number of halogens is 5. The second kappa shape index (κ2) is 10.4. The molecule has 1 aromatic heterocycles. The second-order valence-electron chi connectivity index (χ2n) is 10.3. The monoisotopic (exact) mass is 540 g/mol. The zero-order chi connectivity index (χ0) is 27.8. The second-order valence-corrected chi connectivity index (χ2v) is 10.3. The number of rotatable bonds is 7. The number of piperidine rings is 1. The van der Waals surface area contributed by atoms with Gasteiger partial charge in [0.25, 0.3) is 11.8 Å². The fourth-order valence-electron chi connectivity index (χ4n) is 4.94. The van der Waals surface area contributed by atoms with E-state index >= 15 is 0 Å². The first-order chi connectivity index (χ1) is 17.7. The van der Waals surface area contributed by atoms with E-state index in [2.05, 4.69) is 15.2 Å². The summed E-state index contributed by atoms with van der Waals surface area (Å²) in [6.07, 6.45) is -0.308. The summed E-state index contributed by atoms with van der Waals surface area (Å²) in [5.41, 5.74) is -1.38. The molecule has 38 heavy (non-hydrogen) atoms. The van der Waals surface area contributed by atoms with Crippen LogP contribution in [-0.2, 0) is 4.79 Å². The molecule has 2 fully saturated rings. The number of aromatic nitrogens is 1. The number of benzene rings is 1. The normalized spacial score (nSPS) is 22.1. The van der Waals surface area contributed by atoms with Gasteiger partial charge in [0.05, 0.1) is 5.56 Å². The van der Waals surface area contributed by atoms with Crippen LogP contribution in [-0.4, -0.2) is 52.7 Å². The Bertz CT molecular complexity index is 1170. The van der Waals surface area contributed by atoms with E-state index < -0.39 is 41.3 Å². The number of amides is 2. The molecular weight excluding hydrogens is 511 g/mol. The number of alkyl halides is 3. The molecule has 4 rings (SSSR count). The fraction of sp³-hybridized carbons (Fsp3) is 0.500. The predicted molar refractivity (Wildman–Crippen MR) is 129 cm³/mol. The Balaban J connectivity index is 1.36. The van der Waals surface area contributed by atoms with Crippen LogP contribution in [0, 0.1) is 11.6 Å². The lowest BCUT2D eigenvalue weighted by atomic mass is 9.96. The third kappa shape index (κ3) is 5.99. The largest absolute Gasteiger partial charge is 0.475 e. The number of fused-ring (bicyclic) bond motifs is 2. The molecule has 7 nitrogen and oxygen atoms in total. The molecule has 0 radical (unpaired) electrons. The summed E-state index contributed by atoms with van der Waals surface area (Å²) < 4.78 is 70.9. The molecule has 2 aromatic rings. The van der Waals surface area contributed by atoms with Gasteiger partial charge in [-0.15, -0.1) is 0 Å². The number of carbonyl (C=O) groups excluding carboxylic acids is 2. The Labute approximate surface area is 216 Å². The minimum absolute atomic E-state index is 0.0270. The molecule has 206 valence electrons. The van der Waals surface area contributed by atoms with Crippen molar-refractivity contribution in [1.29, 1.82) is 0 Å². The van der Waals surface area contributed by atoms with Gasteiger partial charge in [0, 0.05) is 30.4 Å². The fourth-order valence-corrected chi connectivity index (χ4v) is 4.94. The number of nitrogens with one attached hydrogen (secondary N) is 2. The van der Waals surface area contributed by atoms with Crippen molar-refractivity contribution in [1.82, 2.24) is 15.6 Å². The molecule has 2 saturated heterocycles. The molecule has 2 N–H and O–H groups in total. The number of hydrogen-bond donors (Lipinski definition) is 2. The summed E-state index contributed by atoms with van der Waals surface area (Å²) in [6.45, 7) is 3.88. The summed E-state index contributed by atoms with van der Waals surface area (Å²) >= 11 is 0. The van der Waals surface area contributed by atoms with Gasteiger partial charge in [-0.1, -0.05) is 0 Å². The molecule has 0 spiro atoms. The predicted octanol–water partition coefficient (Wildman–Crippen LogP) is 4.51. The van der Waals surface area contributed by atoms with Crippen LogP contribution in [0.3, 0.4) is 0 Å². The van der Waals surface area contributed by atoms with Crippen LogP contribution in [0.1, 0.15) is 56.8 Å². The summed E-state index contributed by atoms with van der Waals surface area (Å²) in [5.74, 6) is -2.55. The summed E-state index contributed by atoms with van der Waals surface area (Å²) in [4.78, 5) is 31.6. The van der Waals surface area contributed by atoms with Gasteiger partial charge < -0.3 is 20.3 Å². The molecule has 3 heterocycles. The van der Waals surface area contributed by atoms with Crippen LogP contribution in [0.25, 0.3) is 0 Å². The Morgan fingerprint density at radius 2 is 1.74 bits per heavy atom. The SMILES string of the molecule is C[C@H](NC(=O)c1ccc(N2C3CCC2CC(NC(=O)C(C)(C)Oc2ccc(F)cc2F)C3)nc1)C(F)(F)F. The molecule has 3 atom stereocenters. The zero-order valence-electron chi connectivity index (χ0n) is 21.1. The van der Waals surface area contributed by atoms with E-state index in [0.717, 1.165) is 31.9 Å². The van der Waals surface area contributed by atoms with Crippen LogP contribution in [0.15, 0.2) is 36.5 Å². The zero-order valence-corrected chi connectivity index (χ0v) is 21.1. The van der Waals surface area contributed by atoms with Crippen molar-refractivity contribution >= 4 is 17.6 Å². The highest BCUT2D eigenvalue weighted by atomic mass is 19.4. The van der Waals surface area contributed by atoms with Crippen molar-refractivity contribution in [2.45, 2.75) is 82.4 Å². The number of nitrogens with zero attached hydrogens (tertiary/aromatic N) is 2. The van der Waals surface area contributed by atoms with Crippen LogP contribution in [0.2, 0.25) is 0 Å². The number of hydrogen-bond acceptors (Lipinski definition) is 5. The average Bonchev–Trinajstić information content (AvgIpc) is 3.10. The Morgan fingerprint density at radius 1 is 1.08 bits per heavy atom. The topological polar surface area (TPSA) is 83.6 Å². The van der Waals surface area contributed by atoms with Crippen molar-refractivity contribution in [2.75, 3.05) is 4.90 Å². The van der Waals surface area contributed by atoms with Gasteiger partial charge in [-0.05, 0) is 70.7 Å². The van der Waals surface area contributed by atoms with Gasteiger partial charge in [0.1, 0.15) is 17.7 Å². The first kappa shape index (κ1) is 27.6. The number of ether oxygens (including phenoxy) is 1. The van der Waals surface area contributed by atoms with Gasteiger partial charge in [-0.25, -0.2) is 13.8 Å². The van der Waals surface area contributed by atoms with Gasteiger partial charge in [-0.2, -0.15) is 13.2 Å². The maximum Gasteiger partial charge on any atom is 0.408 e. The average molecular weight is 541 g/mol. The maximum atomic E-state index is 14.0. The molecule has 2 unspecified atom stereocenters. The van der Waals surface area contributed by atoms with Gasteiger partial charge in [0.15, 0.2) is 17.2 Å².